The molecule has 0 amide bonds. The molecule has 0 radical (unpaired) electrons. The van der Waals surface area contributed by atoms with Gasteiger partial charge in [0.1, 0.15) is 17.3 Å². The number of ether oxygens (including phenoxy) is 2. The molecule has 8 heteroatoms. The number of hydrogen-bond acceptors (Lipinski definition) is 8. The molecule has 1 aliphatic rings. The molecular weight excluding hydrogens is 442 g/mol. The Morgan fingerprint density at radius 3 is 2.46 bits per heavy atom. The lowest BCUT2D eigenvalue weighted by molar-refractivity contribution is 0.122. The molecule has 4 aromatic rings. The minimum atomic E-state index is 0.187. The van der Waals surface area contributed by atoms with E-state index in [0.717, 1.165) is 22.6 Å². The molecule has 1 saturated heterocycles. The van der Waals surface area contributed by atoms with E-state index in [1.165, 1.54) is 0 Å². The lowest BCUT2D eigenvalue weighted by Crippen LogP contribution is -2.37. The standard InChI is InChI=1S/C27H27N5O3/c1-34-25-17-21(28-20-7-3-2-4-8-20)10-11-23(25)29-26-18-24(19-6-5-9-22(33)16-19)30-27(31-26)32-12-14-35-15-13-32/h2-11,16-18,28,33H,12-15H2,1H3,(H,29,30,31). The molecule has 178 valence electrons. The molecule has 0 unspecified atom stereocenters. The molecule has 0 bridgehead atoms. The number of benzene rings is 3. The molecule has 1 fully saturated rings. The molecule has 1 aliphatic heterocycles. The first-order chi connectivity index (χ1) is 17.2. The fourth-order valence-electron chi connectivity index (χ4n) is 3.91. The van der Waals surface area contributed by atoms with E-state index in [1.54, 1.807) is 25.3 Å². The van der Waals surface area contributed by atoms with Crippen LogP contribution in [-0.4, -0.2) is 48.5 Å². The molecule has 0 spiro atoms. The second-order valence-electron chi connectivity index (χ2n) is 8.12. The lowest BCUT2D eigenvalue weighted by Gasteiger charge is -2.27. The Morgan fingerprint density at radius 2 is 1.69 bits per heavy atom. The van der Waals surface area contributed by atoms with Crippen LogP contribution in [0.15, 0.2) is 78.9 Å². The highest BCUT2D eigenvalue weighted by molar-refractivity contribution is 5.74. The zero-order chi connectivity index (χ0) is 24.0. The van der Waals surface area contributed by atoms with Crippen molar-refractivity contribution >= 4 is 28.8 Å². The third-order valence-electron chi connectivity index (χ3n) is 5.68. The van der Waals surface area contributed by atoms with E-state index in [-0.39, 0.29) is 5.75 Å². The molecule has 1 aromatic heterocycles. The summed E-state index contributed by atoms with van der Waals surface area (Å²) in [5.74, 6) is 2.10. The highest BCUT2D eigenvalue weighted by atomic mass is 16.5. The number of rotatable bonds is 7. The Hall–Kier alpha value is -4.30. The Bertz CT molecular complexity index is 1290. The highest BCUT2D eigenvalue weighted by Crippen LogP contribution is 2.33. The van der Waals surface area contributed by atoms with E-state index in [4.69, 9.17) is 19.4 Å². The van der Waals surface area contributed by atoms with E-state index in [0.29, 0.717) is 49.5 Å². The van der Waals surface area contributed by atoms with Crippen LogP contribution < -0.4 is 20.3 Å². The number of para-hydroxylation sites is 1. The van der Waals surface area contributed by atoms with Gasteiger partial charge in [-0.05, 0) is 36.4 Å². The minimum absolute atomic E-state index is 0.187. The van der Waals surface area contributed by atoms with E-state index >= 15 is 0 Å². The predicted octanol–water partition coefficient (Wildman–Crippen LogP) is 5.18. The molecule has 5 rings (SSSR count). The maximum Gasteiger partial charge on any atom is 0.228 e. The van der Waals surface area contributed by atoms with Crippen molar-refractivity contribution in [2.75, 3.05) is 48.9 Å². The van der Waals surface area contributed by atoms with Gasteiger partial charge in [0.05, 0.1) is 31.7 Å². The normalized spacial score (nSPS) is 13.3. The summed E-state index contributed by atoms with van der Waals surface area (Å²) in [5, 5.41) is 16.8. The van der Waals surface area contributed by atoms with E-state index in [2.05, 4.69) is 15.5 Å². The highest BCUT2D eigenvalue weighted by Gasteiger charge is 2.17. The van der Waals surface area contributed by atoms with Gasteiger partial charge in [-0.1, -0.05) is 30.3 Å². The van der Waals surface area contributed by atoms with Gasteiger partial charge in [0.15, 0.2) is 0 Å². The third kappa shape index (κ3) is 5.44. The lowest BCUT2D eigenvalue weighted by atomic mass is 10.1. The maximum absolute atomic E-state index is 9.99. The van der Waals surface area contributed by atoms with Crippen molar-refractivity contribution in [3.63, 3.8) is 0 Å². The van der Waals surface area contributed by atoms with Crippen molar-refractivity contribution in [2.24, 2.45) is 0 Å². The van der Waals surface area contributed by atoms with Crippen LogP contribution >= 0.6 is 0 Å². The Morgan fingerprint density at radius 1 is 0.857 bits per heavy atom. The third-order valence-corrected chi connectivity index (χ3v) is 5.68. The fourth-order valence-corrected chi connectivity index (χ4v) is 3.91. The van der Waals surface area contributed by atoms with E-state index in [9.17, 15) is 5.11 Å². The molecule has 35 heavy (non-hydrogen) atoms. The minimum Gasteiger partial charge on any atom is -0.508 e. The van der Waals surface area contributed by atoms with Crippen LogP contribution in [0.1, 0.15) is 0 Å². The van der Waals surface area contributed by atoms with Crippen molar-refractivity contribution in [1.29, 1.82) is 0 Å². The van der Waals surface area contributed by atoms with Gasteiger partial charge in [-0.2, -0.15) is 4.98 Å². The Kier molecular flexibility index (Phi) is 6.63. The van der Waals surface area contributed by atoms with Crippen molar-refractivity contribution in [3.8, 4) is 22.8 Å². The Balaban J connectivity index is 1.47. The van der Waals surface area contributed by atoms with Gasteiger partial charge in [0.2, 0.25) is 5.95 Å². The van der Waals surface area contributed by atoms with Gasteiger partial charge >= 0.3 is 0 Å². The number of aromatic nitrogens is 2. The molecule has 3 N–H and O–H groups in total. The summed E-state index contributed by atoms with van der Waals surface area (Å²) in [6.45, 7) is 2.69. The Labute approximate surface area is 204 Å². The summed E-state index contributed by atoms with van der Waals surface area (Å²) < 4.78 is 11.2. The molecule has 3 aromatic carbocycles. The number of anilines is 5. The van der Waals surface area contributed by atoms with Crippen LogP contribution in [0.2, 0.25) is 0 Å². The second-order valence-corrected chi connectivity index (χ2v) is 8.12. The average Bonchev–Trinajstić information content (AvgIpc) is 2.90. The summed E-state index contributed by atoms with van der Waals surface area (Å²) in [6.07, 6.45) is 0. The average molecular weight is 470 g/mol. The monoisotopic (exact) mass is 469 g/mol. The summed E-state index contributed by atoms with van der Waals surface area (Å²) in [5.41, 5.74) is 4.20. The number of phenolic OH excluding ortho intramolecular Hbond substituents is 1. The van der Waals surface area contributed by atoms with E-state index in [1.807, 2.05) is 60.7 Å². The number of hydrogen-bond donors (Lipinski definition) is 3. The van der Waals surface area contributed by atoms with Crippen LogP contribution in [0, 0.1) is 0 Å². The number of phenols is 1. The summed E-state index contributed by atoms with van der Waals surface area (Å²) in [7, 11) is 1.64. The van der Waals surface area contributed by atoms with E-state index < -0.39 is 0 Å². The summed E-state index contributed by atoms with van der Waals surface area (Å²) in [6, 6.07) is 24.8. The topological polar surface area (TPSA) is 91.8 Å². The van der Waals surface area contributed by atoms with Gasteiger partial charge < -0.3 is 30.1 Å². The van der Waals surface area contributed by atoms with Gasteiger partial charge in [0, 0.05) is 42.2 Å². The summed E-state index contributed by atoms with van der Waals surface area (Å²) >= 11 is 0. The van der Waals surface area contributed by atoms with Crippen LogP contribution in [0.25, 0.3) is 11.3 Å². The molecule has 2 heterocycles. The molecule has 0 aliphatic carbocycles. The van der Waals surface area contributed by atoms with Crippen molar-refractivity contribution in [3.05, 3.63) is 78.9 Å². The molecule has 0 atom stereocenters. The quantitative estimate of drug-likeness (QED) is 0.341. The summed E-state index contributed by atoms with van der Waals surface area (Å²) in [4.78, 5) is 11.7. The smallest absolute Gasteiger partial charge is 0.228 e. The predicted molar refractivity (Wildman–Crippen MR) is 138 cm³/mol. The first-order valence-corrected chi connectivity index (χ1v) is 11.5. The SMILES string of the molecule is COc1cc(Nc2ccccc2)ccc1Nc1cc(-c2cccc(O)c2)nc(N2CCOCC2)n1. The second kappa shape index (κ2) is 10.3. The van der Waals surface area contributed by atoms with Crippen molar-refractivity contribution in [1.82, 2.24) is 9.97 Å². The number of aromatic hydroxyl groups is 1. The number of methoxy groups -OCH3 is 1. The molecule has 0 saturated carbocycles. The zero-order valence-electron chi connectivity index (χ0n) is 19.4. The number of nitrogens with one attached hydrogen (secondary N) is 2. The fraction of sp³-hybridized carbons (Fsp3) is 0.185. The van der Waals surface area contributed by atoms with Crippen LogP contribution in [0.3, 0.4) is 0 Å². The van der Waals surface area contributed by atoms with Gasteiger partial charge in [-0.25, -0.2) is 4.98 Å². The van der Waals surface area contributed by atoms with Crippen LogP contribution in [0.5, 0.6) is 11.5 Å². The van der Waals surface area contributed by atoms with Gasteiger partial charge in [-0.15, -0.1) is 0 Å². The largest absolute Gasteiger partial charge is 0.508 e. The number of nitrogens with zero attached hydrogens (tertiary/aromatic N) is 3. The first kappa shape index (κ1) is 22.5. The van der Waals surface area contributed by atoms with Crippen LogP contribution in [0.4, 0.5) is 28.8 Å². The van der Waals surface area contributed by atoms with Gasteiger partial charge in [-0.3, -0.25) is 0 Å². The maximum atomic E-state index is 9.99. The van der Waals surface area contributed by atoms with Crippen molar-refractivity contribution in [2.45, 2.75) is 0 Å². The first-order valence-electron chi connectivity index (χ1n) is 11.5. The van der Waals surface area contributed by atoms with Gasteiger partial charge in [0.25, 0.3) is 0 Å². The zero-order valence-corrected chi connectivity index (χ0v) is 19.4. The van der Waals surface area contributed by atoms with Crippen molar-refractivity contribution < 1.29 is 14.6 Å². The molecule has 8 nitrogen and oxygen atoms in total. The number of morpholine rings is 1. The van der Waals surface area contributed by atoms with Crippen LogP contribution in [-0.2, 0) is 4.74 Å². The molecular formula is C27H27N5O3.